The van der Waals surface area contributed by atoms with Crippen molar-refractivity contribution in [2.24, 2.45) is 5.92 Å². The van der Waals surface area contributed by atoms with E-state index < -0.39 is 0 Å². The molecule has 1 aliphatic heterocycles. The fourth-order valence-electron chi connectivity index (χ4n) is 2.42. The van der Waals surface area contributed by atoms with Gasteiger partial charge in [-0.2, -0.15) is 0 Å². The Labute approximate surface area is 130 Å². The van der Waals surface area contributed by atoms with Crippen molar-refractivity contribution >= 4 is 11.8 Å². The molecule has 22 heavy (non-hydrogen) atoms. The summed E-state index contributed by atoms with van der Waals surface area (Å²) in [7, 11) is 3.89. The molecule has 1 aromatic heterocycles. The Morgan fingerprint density at radius 3 is 2.77 bits per heavy atom. The SMILES string of the molecule is CC(C)C(=O)N1CCc2onc(C(=O)NCCN(C)C)c2C1. The van der Waals surface area contributed by atoms with Gasteiger partial charge in [-0.05, 0) is 14.1 Å². The first-order valence-corrected chi connectivity index (χ1v) is 7.59. The van der Waals surface area contributed by atoms with Crippen LogP contribution in [0.1, 0.15) is 35.7 Å². The van der Waals surface area contributed by atoms with Gasteiger partial charge in [-0.1, -0.05) is 19.0 Å². The van der Waals surface area contributed by atoms with Gasteiger partial charge in [-0.25, -0.2) is 0 Å². The summed E-state index contributed by atoms with van der Waals surface area (Å²) in [6.07, 6.45) is 0.603. The topological polar surface area (TPSA) is 78.7 Å². The van der Waals surface area contributed by atoms with Gasteiger partial charge >= 0.3 is 0 Å². The second-order valence-corrected chi connectivity index (χ2v) is 6.16. The summed E-state index contributed by atoms with van der Waals surface area (Å²) in [5.74, 6) is 0.501. The maximum Gasteiger partial charge on any atom is 0.273 e. The van der Waals surface area contributed by atoms with Gasteiger partial charge in [0.15, 0.2) is 5.69 Å². The van der Waals surface area contributed by atoms with Gasteiger partial charge in [0.1, 0.15) is 5.76 Å². The Kier molecular flexibility index (Phi) is 5.18. The predicted molar refractivity (Wildman–Crippen MR) is 81.3 cm³/mol. The first-order chi connectivity index (χ1) is 10.4. The smallest absolute Gasteiger partial charge is 0.273 e. The van der Waals surface area contributed by atoms with Crippen LogP contribution in [0.3, 0.4) is 0 Å². The Hall–Kier alpha value is -1.89. The molecule has 0 aliphatic carbocycles. The average Bonchev–Trinajstić information content (AvgIpc) is 2.88. The van der Waals surface area contributed by atoms with Crippen LogP contribution in [0.15, 0.2) is 4.52 Å². The lowest BCUT2D eigenvalue weighted by atomic mass is 10.0. The molecule has 122 valence electrons. The Morgan fingerprint density at radius 1 is 1.41 bits per heavy atom. The molecule has 7 heteroatoms. The molecule has 2 amide bonds. The maximum atomic E-state index is 12.2. The van der Waals surface area contributed by atoms with Gasteiger partial charge in [-0.3, -0.25) is 9.59 Å². The van der Waals surface area contributed by atoms with E-state index in [2.05, 4.69) is 10.5 Å². The number of fused-ring (bicyclic) bond motifs is 1. The minimum absolute atomic E-state index is 0.0567. The van der Waals surface area contributed by atoms with E-state index in [1.54, 1.807) is 4.90 Å². The van der Waals surface area contributed by atoms with E-state index >= 15 is 0 Å². The first kappa shape index (κ1) is 16.5. The van der Waals surface area contributed by atoms with Crippen LogP contribution in [0.2, 0.25) is 0 Å². The molecule has 0 saturated heterocycles. The van der Waals surface area contributed by atoms with Crippen molar-refractivity contribution in [3.05, 3.63) is 17.0 Å². The Bertz CT molecular complexity index is 551. The monoisotopic (exact) mass is 308 g/mol. The highest BCUT2D eigenvalue weighted by Crippen LogP contribution is 2.23. The number of amides is 2. The minimum Gasteiger partial charge on any atom is -0.360 e. The maximum absolute atomic E-state index is 12.2. The summed E-state index contributed by atoms with van der Waals surface area (Å²) in [5.41, 5.74) is 1.04. The quantitative estimate of drug-likeness (QED) is 0.857. The molecule has 1 N–H and O–H groups in total. The number of rotatable bonds is 5. The van der Waals surface area contributed by atoms with Crippen LogP contribution >= 0.6 is 0 Å². The van der Waals surface area contributed by atoms with E-state index in [0.717, 1.165) is 12.1 Å². The van der Waals surface area contributed by atoms with Crippen molar-refractivity contribution < 1.29 is 14.1 Å². The largest absolute Gasteiger partial charge is 0.360 e. The highest BCUT2D eigenvalue weighted by atomic mass is 16.5. The van der Waals surface area contributed by atoms with E-state index in [9.17, 15) is 9.59 Å². The number of nitrogens with one attached hydrogen (secondary N) is 1. The van der Waals surface area contributed by atoms with E-state index in [4.69, 9.17) is 4.52 Å². The lowest BCUT2D eigenvalue weighted by Crippen LogP contribution is -2.39. The molecule has 1 aliphatic rings. The van der Waals surface area contributed by atoms with E-state index in [1.165, 1.54) is 0 Å². The van der Waals surface area contributed by atoms with Crippen LogP contribution in [0, 0.1) is 5.92 Å². The second kappa shape index (κ2) is 6.91. The molecule has 2 rings (SSSR count). The normalized spacial score (nSPS) is 14.4. The van der Waals surface area contributed by atoms with Gasteiger partial charge in [0, 0.05) is 37.5 Å². The molecular weight excluding hydrogens is 284 g/mol. The third-order valence-electron chi connectivity index (χ3n) is 3.69. The van der Waals surface area contributed by atoms with Crippen molar-refractivity contribution in [1.82, 2.24) is 20.3 Å². The van der Waals surface area contributed by atoms with Crippen LogP contribution in [0.25, 0.3) is 0 Å². The van der Waals surface area contributed by atoms with Gasteiger partial charge in [0.05, 0.1) is 6.54 Å². The molecule has 0 aromatic carbocycles. The summed E-state index contributed by atoms with van der Waals surface area (Å²) in [4.78, 5) is 28.1. The number of carbonyl (C=O) groups excluding carboxylic acids is 2. The molecule has 0 unspecified atom stereocenters. The highest BCUT2D eigenvalue weighted by Gasteiger charge is 2.30. The zero-order valence-corrected chi connectivity index (χ0v) is 13.7. The number of hydrogen-bond acceptors (Lipinski definition) is 5. The molecular formula is C15H24N4O3. The summed E-state index contributed by atoms with van der Waals surface area (Å²) in [6.45, 7) is 6.06. The van der Waals surface area contributed by atoms with Crippen molar-refractivity contribution in [3.8, 4) is 0 Å². The minimum atomic E-state index is -0.245. The molecule has 0 fully saturated rings. The van der Waals surface area contributed by atoms with E-state index in [0.29, 0.717) is 37.5 Å². The standard InChI is InChI=1S/C15H24N4O3/c1-10(2)15(21)19-7-5-12-11(9-19)13(17-22-12)14(20)16-6-8-18(3)4/h10H,5-9H2,1-4H3,(H,16,20). The third kappa shape index (κ3) is 3.65. The number of nitrogens with zero attached hydrogens (tertiary/aromatic N) is 3. The molecule has 0 spiro atoms. The van der Waals surface area contributed by atoms with E-state index in [1.807, 2.05) is 32.8 Å². The lowest BCUT2D eigenvalue weighted by Gasteiger charge is -2.27. The zero-order chi connectivity index (χ0) is 16.3. The Balaban J connectivity index is 2.06. The van der Waals surface area contributed by atoms with Crippen molar-refractivity contribution in [2.75, 3.05) is 33.7 Å². The fourth-order valence-corrected chi connectivity index (χ4v) is 2.42. The van der Waals surface area contributed by atoms with Crippen molar-refractivity contribution in [2.45, 2.75) is 26.8 Å². The molecule has 2 heterocycles. The van der Waals surface area contributed by atoms with Gasteiger partial charge in [-0.15, -0.1) is 0 Å². The molecule has 0 saturated carbocycles. The second-order valence-electron chi connectivity index (χ2n) is 6.16. The molecule has 0 bridgehead atoms. The fraction of sp³-hybridized carbons (Fsp3) is 0.667. The Morgan fingerprint density at radius 2 is 2.14 bits per heavy atom. The summed E-state index contributed by atoms with van der Waals surface area (Å²) in [6, 6.07) is 0. The van der Waals surface area contributed by atoms with Crippen LogP contribution < -0.4 is 5.32 Å². The first-order valence-electron chi connectivity index (χ1n) is 7.59. The molecule has 0 radical (unpaired) electrons. The number of likely N-dealkylation sites (N-methyl/N-ethyl adjacent to an activating group) is 1. The number of hydrogen-bond donors (Lipinski definition) is 1. The predicted octanol–water partition coefficient (Wildman–Crippen LogP) is 0.507. The number of aromatic nitrogens is 1. The van der Waals surface area contributed by atoms with Crippen LogP contribution in [0.4, 0.5) is 0 Å². The number of carbonyl (C=O) groups is 2. The third-order valence-corrected chi connectivity index (χ3v) is 3.69. The van der Waals surface area contributed by atoms with Crippen molar-refractivity contribution in [3.63, 3.8) is 0 Å². The summed E-state index contributed by atoms with van der Waals surface area (Å²) < 4.78 is 5.26. The van der Waals surface area contributed by atoms with E-state index in [-0.39, 0.29) is 17.7 Å². The van der Waals surface area contributed by atoms with Gasteiger partial charge in [0.2, 0.25) is 5.91 Å². The highest BCUT2D eigenvalue weighted by molar-refractivity contribution is 5.94. The lowest BCUT2D eigenvalue weighted by molar-refractivity contribution is -0.135. The van der Waals surface area contributed by atoms with Gasteiger partial charge in [0.25, 0.3) is 5.91 Å². The van der Waals surface area contributed by atoms with Crippen LogP contribution in [0.5, 0.6) is 0 Å². The summed E-state index contributed by atoms with van der Waals surface area (Å²) >= 11 is 0. The van der Waals surface area contributed by atoms with Crippen LogP contribution in [-0.4, -0.2) is 60.5 Å². The van der Waals surface area contributed by atoms with Crippen LogP contribution in [-0.2, 0) is 17.8 Å². The van der Waals surface area contributed by atoms with Crippen molar-refractivity contribution in [1.29, 1.82) is 0 Å². The average molecular weight is 308 g/mol. The van der Waals surface area contributed by atoms with Gasteiger partial charge < -0.3 is 19.6 Å². The molecule has 1 aromatic rings. The molecule has 7 nitrogen and oxygen atoms in total. The zero-order valence-electron chi connectivity index (χ0n) is 13.7. The molecule has 0 atom stereocenters. The summed E-state index contributed by atoms with van der Waals surface area (Å²) in [5, 5.41) is 6.72.